The van der Waals surface area contributed by atoms with Crippen LogP contribution in [0.5, 0.6) is 11.5 Å². The van der Waals surface area contributed by atoms with E-state index in [2.05, 4.69) is 11.8 Å². The van der Waals surface area contributed by atoms with Gasteiger partial charge in [-0.3, -0.25) is 0 Å². The van der Waals surface area contributed by atoms with Gasteiger partial charge in [0, 0.05) is 5.56 Å². The quantitative estimate of drug-likeness (QED) is 0.788. The molecule has 3 heteroatoms. The molecule has 3 unspecified atom stereocenters. The normalized spacial score (nSPS) is 23.8. The summed E-state index contributed by atoms with van der Waals surface area (Å²) >= 11 is 0. The third-order valence-corrected chi connectivity index (χ3v) is 4.56. The Morgan fingerprint density at radius 3 is 2.39 bits per heavy atom. The predicted molar refractivity (Wildman–Crippen MR) is 87.5 cm³/mol. The van der Waals surface area contributed by atoms with E-state index in [9.17, 15) is 0 Å². The van der Waals surface area contributed by atoms with Crippen LogP contribution < -0.4 is 9.47 Å². The minimum Gasteiger partial charge on any atom is -0.493 e. The lowest BCUT2D eigenvalue weighted by atomic mass is 9.84. The summed E-state index contributed by atoms with van der Waals surface area (Å²) in [6, 6.07) is 14.2. The molecule has 2 aliphatic heterocycles. The molecule has 4 rings (SSSR count). The van der Waals surface area contributed by atoms with Crippen LogP contribution >= 0.6 is 0 Å². The molecule has 0 radical (unpaired) electrons. The molecule has 3 nitrogen and oxygen atoms in total. The lowest BCUT2D eigenvalue weighted by molar-refractivity contribution is 0.0656. The number of hydrogen-bond donors (Lipinski definition) is 0. The summed E-state index contributed by atoms with van der Waals surface area (Å²) in [6.45, 7) is 0. The first-order valence-corrected chi connectivity index (χ1v) is 7.78. The highest BCUT2D eigenvalue weighted by Crippen LogP contribution is 2.55. The zero-order chi connectivity index (χ0) is 15.8. The molecule has 0 saturated carbocycles. The van der Waals surface area contributed by atoms with Crippen LogP contribution in [0.25, 0.3) is 0 Å². The van der Waals surface area contributed by atoms with Gasteiger partial charge >= 0.3 is 0 Å². The Labute approximate surface area is 136 Å². The van der Waals surface area contributed by atoms with Gasteiger partial charge in [0.25, 0.3) is 0 Å². The van der Waals surface area contributed by atoms with Gasteiger partial charge in [-0.25, -0.2) is 0 Å². The summed E-state index contributed by atoms with van der Waals surface area (Å²) in [5, 5.41) is 0. The van der Waals surface area contributed by atoms with Gasteiger partial charge in [0.1, 0.15) is 0 Å². The Kier molecular flexibility index (Phi) is 3.48. The first kappa shape index (κ1) is 14.2. The summed E-state index contributed by atoms with van der Waals surface area (Å²) in [5.41, 5.74) is 3.44. The molecule has 2 aromatic carbocycles. The second-order valence-electron chi connectivity index (χ2n) is 5.86. The Balaban J connectivity index is 1.65. The van der Waals surface area contributed by atoms with E-state index >= 15 is 0 Å². The molecule has 23 heavy (non-hydrogen) atoms. The number of ether oxygens (including phenoxy) is 3. The van der Waals surface area contributed by atoms with Gasteiger partial charge in [0.2, 0.25) is 0 Å². The van der Waals surface area contributed by atoms with Crippen molar-refractivity contribution in [2.75, 3.05) is 14.2 Å². The summed E-state index contributed by atoms with van der Waals surface area (Å²) in [4.78, 5) is 0. The van der Waals surface area contributed by atoms with Crippen LogP contribution in [0.1, 0.15) is 35.3 Å². The fourth-order valence-corrected chi connectivity index (χ4v) is 3.44. The molecular formula is C20H18O3. The lowest BCUT2D eigenvalue weighted by Gasteiger charge is -2.19. The molecule has 1 fully saturated rings. The van der Waals surface area contributed by atoms with Crippen LogP contribution in [0.2, 0.25) is 0 Å². The molecular weight excluding hydrogens is 288 g/mol. The molecule has 1 saturated heterocycles. The largest absolute Gasteiger partial charge is 0.493 e. The van der Waals surface area contributed by atoms with Crippen LogP contribution in [0.4, 0.5) is 0 Å². The molecule has 2 aliphatic rings. The number of methoxy groups -OCH3 is 2. The molecule has 0 N–H and O–H groups in total. The van der Waals surface area contributed by atoms with E-state index in [1.165, 1.54) is 11.1 Å². The maximum absolute atomic E-state index is 6.13. The van der Waals surface area contributed by atoms with Crippen molar-refractivity contribution >= 4 is 0 Å². The van der Waals surface area contributed by atoms with Gasteiger partial charge in [-0.1, -0.05) is 30.0 Å². The minimum atomic E-state index is 0.0334. The van der Waals surface area contributed by atoms with Crippen molar-refractivity contribution in [1.82, 2.24) is 0 Å². The van der Waals surface area contributed by atoms with E-state index in [0.29, 0.717) is 0 Å². The molecule has 3 atom stereocenters. The predicted octanol–water partition coefficient (Wildman–Crippen LogP) is 3.89. The molecule has 2 aromatic rings. The standard InChI is InChI=1S/C20H18O3/c1-21-18-11-15-16(12-19(18)22-2)20-14(10-17(15)23-20)9-8-13-6-4-3-5-7-13/h3-7,11-12,14,17,20H,10H2,1-2H3. The lowest BCUT2D eigenvalue weighted by Crippen LogP contribution is -2.09. The zero-order valence-electron chi connectivity index (χ0n) is 13.2. The Morgan fingerprint density at radius 1 is 1.00 bits per heavy atom. The summed E-state index contributed by atoms with van der Waals surface area (Å²) in [7, 11) is 3.32. The number of hydrogen-bond acceptors (Lipinski definition) is 3. The maximum atomic E-state index is 6.13. The zero-order valence-corrected chi connectivity index (χ0v) is 13.2. The van der Waals surface area contributed by atoms with Crippen LogP contribution in [-0.4, -0.2) is 14.2 Å². The van der Waals surface area contributed by atoms with Gasteiger partial charge < -0.3 is 14.2 Å². The third-order valence-electron chi connectivity index (χ3n) is 4.56. The first-order chi connectivity index (χ1) is 11.3. The van der Waals surface area contributed by atoms with Crippen molar-refractivity contribution in [2.45, 2.75) is 18.6 Å². The van der Waals surface area contributed by atoms with Crippen LogP contribution in [0.3, 0.4) is 0 Å². The molecule has 0 amide bonds. The molecule has 2 heterocycles. The van der Waals surface area contributed by atoms with Crippen molar-refractivity contribution in [1.29, 1.82) is 0 Å². The minimum absolute atomic E-state index is 0.0334. The molecule has 2 bridgehead atoms. The highest BCUT2D eigenvalue weighted by molar-refractivity contribution is 5.52. The Bertz CT molecular complexity index is 786. The Morgan fingerprint density at radius 2 is 1.70 bits per heavy atom. The molecule has 0 spiro atoms. The smallest absolute Gasteiger partial charge is 0.161 e. The van der Waals surface area contributed by atoms with Gasteiger partial charge in [-0.2, -0.15) is 0 Å². The van der Waals surface area contributed by atoms with Gasteiger partial charge in [-0.05, 0) is 41.8 Å². The first-order valence-electron chi connectivity index (χ1n) is 7.78. The molecule has 0 aliphatic carbocycles. The Hall–Kier alpha value is -2.44. The van der Waals surface area contributed by atoms with Crippen LogP contribution in [0, 0.1) is 17.8 Å². The SMILES string of the molecule is COc1cc2c(cc1OC)C1OC2CC1C#Cc1ccccc1. The van der Waals surface area contributed by atoms with E-state index < -0.39 is 0 Å². The highest BCUT2D eigenvalue weighted by atomic mass is 16.5. The maximum Gasteiger partial charge on any atom is 0.161 e. The van der Waals surface area contributed by atoms with Crippen LogP contribution in [-0.2, 0) is 4.74 Å². The van der Waals surface area contributed by atoms with Crippen molar-refractivity contribution in [3.63, 3.8) is 0 Å². The number of benzene rings is 2. The van der Waals surface area contributed by atoms with Crippen LogP contribution in [0.15, 0.2) is 42.5 Å². The topological polar surface area (TPSA) is 27.7 Å². The van der Waals surface area contributed by atoms with Gasteiger partial charge in [0.05, 0.1) is 32.3 Å². The van der Waals surface area contributed by atoms with E-state index in [4.69, 9.17) is 14.2 Å². The average molecular weight is 306 g/mol. The van der Waals surface area contributed by atoms with E-state index in [1.807, 2.05) is 42.5 Å². The average Bonchev–Trinajstić information content (AvgIpc) is 3.18. The van der Waals surface area contributed by atoms with Gasteiger partial charge in [-0.15, -0.1) is 0 Å². The summed E-state index contributed by atoms with van der Waals surface area (Å²) < 4.78 is 16.9. The summed E-state index contributed by atoms with van der Waals surface area (Å²) in [5.74, 6) is 8.39. The fraction of sp³-hybridized carbons (Fsp3) is 0.300. The fourth-order valence-electron chi connectivity index (χ4n) is 3.44. The van der Waals surface area contributed by atoms with Crippen molar-refractivity contribution in [3.8, 4) is 23.3 Å². The second-order valence-corrected chi connectivity index (χ2v) is 5.86. The number of rotatable bonds is 2. The van der Waals surface area contributed by atoms with Crippen molar-refractivity contribution in [2.24, 2.45) is 5.92 Å². The van der Waals surface area contributed by atoms with Gasteiger partial charge in [0.15, 0.2) is 11.5 Å². The van der Waals surface area contributed by atoms with E-state index in [0.717, 1.165) is 23.5 Å². The number of fused-ring (bicyclic) bond motifs is 5. The summed E-state index contributed by atoms with van der Waals surface area (Å²) in [6.07, 6.45) is 1.09. The molecule has 116 valence electrons. The monoisotopic (exact) mass is 306 g/mol. The van der Waals surface area contributed by atoms with Crippen molar-refractivity contribution in [3.05, 3.63) is 59.2 Å². The molecule has 0 aromatic heterocycles. The third kappa shape index (κ3) is 2.36. The van der Waals surface area contributed by atoms with Crippen molar-refractivity contribution < 1.29 is 14.2 Å². The second kappa shape index (κ2) is 5.64. The van der Waals surface area contributed by atoms with E-state index in [-0.39, 0.29) is 18.1 Å². The van der Waals surface area contributed by atoms with E-state index in [1.54, 1.807) is 14.2 Å². The highest BCUT2D eigenvalue weighted by Gasteiger charge is 2.45.